The fourth-order valence-corrected chi connectivity index (χ4v) is 4.18. The number of aliphatic hydroxyl groups excluding tert-OH is 1. The molecule has 2 aromatic carbocycles. The second-order valence-electron chi connectivity index (χ2n) is 7.81. The minimum Gasteiger partial charge on any atom is -0.391 e. The van der Waals surface area contributed by atoms with Crippen molar-refractivity contribution in [2.45, 2.75) is 31.5 Å². The third kappa shape index (κ3) is 4.34. The molecule has 4 rings (SSSR count). The average molecular weight is 415 g/mol. The van der Waals surface area contributed by atoms with Crippen molar-refractivity contribution in [2.75, 3.05) is 0 Å². The summed E-state index contributed by atoms with van der Waals surface area (Å²) in [5.41, 5.74) is 2.78. The normalized spacial score (nSPS) is 19.1. The molecule has 1 aromatic heterocycles. The van der Waals surface area contributed by atoms with Gasteiger partial charge in [-0.05, 0) is 42.2 Å². The number of imide groups is 1. The van der Waals surface area contributed by atoms with Crippen LogP contribution in [0.25, 0.3) is 0 Å². The molecule has 0 spiro atoms. The molecule has 3 unspecified atom stereocenters. The average Bonchev–Trinajstić information content (AvgIpc) is 2.80. The Bertz CT molecular complexity index is 986. The Morgan fingerprint density at radius 1 is 1.00 bits per heavy atom. The number of aliphatic hydroxyl groups is 1. The molecule has 2 N–H and O–H groups in total. The first kappa shape index (κ1) is 20.8. The van der Waals surface area contributed by atoms with Crippen LogP contribution < -0.4 is 5.32 Å². The summed E-state index contributed by atoms with van der Waals surface area (Å²) in [6.45, 7) is 1.61. The lowest BCUT2D eigenvalue weighted by Crippen LogP contribution is -2.69. The summed E-state index contributed by atoms with van der Waals surface area (Å²) in [4.78, 5) is 31.3. The summed E-state index contributed by atoms with van der Waals surface area (Å²) in [5, 5.41) is 13.3. The Kier molecular flexibility index (Phi) is 6.09. The first-order valence-corrected chi connectivity index (χ1v) is 10.4. The van der Waals surface area contributed by atoms with E-state index in [4.69, 9.17) is 0 Å². The predicted molar refractivity (Wildman–Crippen MR) is 117 cm³/mol. The number of carbonyl (C=O) groups excluding carboxylic acids is 2. The Labute approximate surface area is 181 Å². The molecule has 6 heteroatoms. The molecule has 3 aromatic rings. The van der Waals surface area contributed by atoms with Crippen LogP contribution in [-0.4, -0.2) is 39.1 Å². The van der Waals surface area contributed by atoms with Crippen LogP contribution in [0.5, 0.6) is 0 Å². The number of nitrogens with zero attached hydrogens (tertiary/aromatic N) is 2. The van der Waals surface area contributed by atoms with Gasteiger partial charge in [-0.2, -0.15) is 0 Å². The zero-order valence-electron chi connectivity index (χ0n) is 17.3. The number of nitrogens with one attached hydrogen (secondary N) is 1. The van der Waals surface area contributed by atoms with Crippen molar-refractivity contribution < 1.29 is 14.7 Å². The van der Waals surface area contributed by atoms with Gasteiger partial charge in [0.2, 0.25) is 5.91 Å². The van der Waals surface area contributed by atoms with E-state index in [0.29, 0.717) is 6.42 Å². The molecule has 1 saturated heterocycles. The van der Waals surface area contributed by atoms with Gasteiger partial charge in [-0.25, -0.2) is 4.79 Å². The molecule has 0 saturated carbocycles. The van der Waals surface area contributed by atoms with Crippen LogP contribution in [0.3, 0.4) is 0 Å². The molecule has 0 aliphatic carbocycles. The molecule has 3 atom stereocenters. The maximum absolute atomic E-state index is 13.2. The number of carbonyl (C=O) groups is 2. The zero-order valence-corrected chi connectivity index (χ0v) is 17.3. The van der Waals surface area contributed by atoms with Gasteiger partial charge in [-0.3, -0.25) is 14.7 Å². The maximum atomic E-state index is 13.2. The molecule has 6 nitrogen and oxygen atoms in total. The standard InChI is InChI=1S/C25H25N3O3/c1-17(29)23-21(16-18-12-14-26-15-13-18)24(30)28(23)25(31)27-22(19-8-4-2-5-9-19)20-10-6-3-7-11-20/h2-15,17,21-23,29H,16H2,1H3,(H,27,31). The van der Waals surface area contributed by atoms with E-state index in [1.807, 2.05) is 72.8 Å². The second kappa shape index (κ2) is 9.10. The van der Waals surface area contributed by atoms with Crippen molar-refractivity contribution in [3.8, 4) is 0 Å². The SMILES string of the molecule is CC(O)C1C(Cc2ccncc2)C(=O)N1C(=O)NC(c1ccccc1)c1ccccc1. The fraction of sp³-hybridized carbons (Fsp3) is 0.240. The van der Waals surface area contributed by atoms with Gasteiger partial charge in [-0.15, -0.1) is 0 Å². The third-order valence-electron chi connectivity index (χ3n) is 5.72. The van der Waals surface area contributed by atoms with Gasteiger partial charge in [0.25, 0.3) is 0 Å². The van der Waals surface area contributed by atoms with E-state index in [-0.39, 0.29) is 5.91 Å². The Balaban J connectivity index is 1.55. The zero-order chi connectivity index (χ0) is 21.8. The quantitative estimate of drug-likeness (QED) is 0.605. The number of β-lactam (4-membered cyclic amide) rings is 1. The van der Waals surface area contributed by atoms with Crippen molar-refractivity contribution in [3.63, 3.8) is 0 Å². The van der Waals surface area contributed by atoms with Crippen molar-refractivity contribution in [3.05, 3.63) is 102 Å². The van der Waals surface area contributed by atoms with Gasteiger partial charge < -0.3 is 10.4 Å². The minimum atomic E-state index is -0.831. The van der Waals surface area contributed by atoms with Crippen molar-refractivity contribution in [2.24, 2.45) is 5.92 Å². The molecule has 31 heavy (non-hydrogen) atoms. The number of pyridine rings is 1. The summed E-state index contributed by atoms with van der Waals surface area (Å²) in [7, 11) is 0. The summed E-state index contributed by atoms with van der Waals surface area (Å²) in [6.07, 6.45) is 2.97. The topological polar surface area (TPSA) is 82.5 Å². The first-order chi connectivity index (χ1) is 15.1. The van der Waals surface area contributed by atoms with E-state index in [9.17, 15) is 14.7 Å². The maximum Gasteiger partial charge on any atom is 0.325 e. The van der Waals surface area contributed by atoms with E-state index >= 15 is 0 Å². The highest BCUT2D eigenvalue weighted by Gasteiger charge is 2.52. The molecule has 1 aliphatic heterocycles. The number of rotatable bonds is 6. The largest absolute Gasteiger partial charge is 0.391 e. The molecule has 3 amide bonds. The van der Waals surface area contributed by atoms with Crippen LogP contribution in [0.1, 0.15) is 29.7 Å². The van der Waals surface area contributed by atoms with E-state index in [1.165, 1.54) is 0 Å². The summed E-state index contributed by atoms with van der Waals surface area (Å²) in [5.74, 6) is -0.722. The van der Waals surface area contributed by atoms with Crippen LogP contribution in [0.2, 0.25) is 0 Å². The molecular weight excluding hydrogens is 390 g/mol. The molecular formula is C25H25N3O3. The molecule has 1 fully saturated rings. The lowest BCUT2D eigenvalue weighted by Gasteiger charge is -2.47. The smallest absolute Gasteiger partial charge is 0.325 e. The van der Waals surface area contributed by atoms with Crippen LogP contribution in [0.4, 0.5) is 4.79 Å². The monoisotopic (exact) mass is 415 g/mol. The van der Waals surface area contributed by atoms with Gasteiger partial charge >= 0.3 is 6.03 Å². The lowest BCUT2D eigenvalue weighted by atomic mass is 9.80. The second-order valence-corrected chi connectivity index (χ2v) is 7.81. The van der Waals surface area contributed by atoms with Crippen molar-refractivity contribution >= 4 is 11.9 Å². The number of amides is 3. The summed E-state index contributed by atoms with van der Waals surface area (Å²) < 4.78 is 0. The third-order valence-corrected chi connectivity index (χ3v) is 5.72. The number of hydrogen-bond acceptors (Lipinski definition) is 4. The van der Waals surface area contributed by atoms with Crippen LogP contribution in [0.15, 0.2) is 85.2 Å². The molecule has 158 valence electrons. The molecule has 2 heterocycles. The lowest BCUT2D eigenvalue weighted by molar-refractivity contribution is -0.156. The number of aromatic nitrogens is 1. The number of urea groups is 1. The van der Waals surface area contributed by atoms with Gasteiger partial charge in [0.05, 0.1) is 24.1 Å². The predicted octanol–water partition coefficient (Wildman–Crippen LogP) is 3.33. The molecule has 1 aliphatic rings. The number of benzene rings is 2. The van der Waals surface area contributed by atoms with E-state index in [0.717, 1.165) is 21.6 Å². The first-order valence-electron chi connectivity index (χ1n) is 10.4. The Hall–Kier alpha value is -3.51. The number of likely N-dealkylation sites (tertiary alicyclic amines) is 1. The summed E-state index contributed by atoms with van der Waals surface area (Å²) in [6, 6.07) is 21.4. The van der Waals surface area contributed by atoms with Crippen molar-refractivity contribution in [1.29, 1.82) is 0 Å². The van der Waals surface area contributed by atoms with E-state index in [1.54, 1.807) is 19.3 Å². The van der Waals surface area contributed by atoms with Gasteiger partial charge in [0.15, 0.2) is 0 Å². The van der Waals surface area contributed by atoms with E-state index < -0.39 is 30.1 Å². The number of hydrogen-bond donors (Lipinski definition) is 2. The Morgan fingerprint density at radius 3 is 2.06 bits per heavy atom. The Morgan fingerprint density at radius 2 is 1.55 bits per heavy atom. The fourth-order valence-electron chi connectivity index (χ4n) is 4.18. The van der Waals surface area contributed by atoms with E-state index in [2.05, 4.69) is 10.3 Å². The van der Waals surface area contributed by atoms with Crippen LogP contribution >= 0.6 is 0 Å². The van der Waals surface area contributed by atoms with Gasteiger partial charge in [-0.1, -0.05) is 60.7 Å². The minimum absolute atomic E-state index is 0.278. The van der Waals surface area contributed by atoms with Gasteiger partial charge in [0, 0.05) is 12.4 Å². The molecule has 0 bridgehead atoms. The highest BCUT2D eigenvalue weighted by atomic mass is 16.3. The van der Waals surface area contributed by atoms with Crippen molar-refractivity contribution in [1.82, 2.24) is 15.2 Å². The van der Waals surface area contributed by atoms with Crippen LogP contribution in [0, 0.1) is 5.92 Å². The molecule has 0 radical (unpaired) electrons. The highest BCUT2D eigenvalue weighted by molar-refractivity contribution is 6.01. The van der Waals surface area contributed by atoms with Gasteiger partial charge in [0.1, 0.15) is 0 Å². The van der Waals surface area contributed by atoms with Crippen LogP contribution in [-0.2, 0) is 11.2 Å². The highest BCUT2D eigenvalue weighted by Crippen LogP contribution is 2.33. The summed E-state index contributed by atoms with van der Waals surface area (Å²) >= 11 is 0.